The Hall–Kier alpha value is -7.00. The molecule has 11 rings (SSSR count). The van der Waals surface area contributed by atoms with Crippen LogP contribution in [0.3, 0.4) is 0 Å². The minimum absolute atomic E-state index is 0.644. The van der Waals surface area contributed by atoms with Gasteiger partial charge < -0.3 is 0 Å². The van der Waals surface area contributed by atoms with Crippen LogP contribution in [0.2, 0.25) is 0 Å². The van der Waals surface area contributed by atoms with Crippen molar-refractivity contribution in [3.05, 3.63) is 156 Å². The van der Waals surface area contributed by atoms with E-state index in [0.717, 1.165) is 11.1 Å². The van der Waals surface area contributed by atoms with E-state index in [-0.39, 0.29) is 0 Å². The lowest BCUT2D eigenvalue weighted by atomic mass is 9.85. The van der Waals surface area contributed by atoms with Crippen molar-refractivity contribution in [1.29, 1.82) is 10.5 Å². The number of nitrogens with zero attached hydrogens (tertiary/aromatic N) is 2. The Balaban J connectivity index is 1.45. The fourth-order valence-corrected chi connectivity index (χ4v) is 9.13. The molecule has 0 spiro atoms. The average Bonchev–Trinajstić information content (AvgIpc) is 3.69. The lowest BCUT2D eigenvalue weighted by Gasteiger charge is -2.18. The van der Waals surface area contributed by atoms with Crippen LogP contribution in [0.5, 0.6) is 0 Å². The molecule has 11 aromatic carbocycles. The Labute approximate surface area is 293 Å². The molecule has 51 heavy (non-hydrogen) atoms. The van der Waals surface area contributed by atoms with Gasteiger partial charge in [0.05, 0.1) is 23.3 Å². The second-order valence-electron chi connectivity index (χ2n) is 13.9. The summed E-state index contributed by atoms with van der Waals surface area (Å²) in [7, 11) is 0. The number of rotatable bonds is 2. The van der Waals surface area contributed by atoms with Gasteiger partial charge in [-0.2, -0.15) is 10.5 Å². The second-order valence-corrected chi connectivity index (χ2v) is 13.9. The van der Waals surface area contributed by atoms with Crippen LogP contribution in [0.1, 0.15) is 16.7 Å². The van der Waals surface area contributed by atoms with Gasteiger partial charge in [-0.05, 0) is 163 Å². The van der Waals surface area contributed by atoms with Gasteiger partial charge in [-0.1, -0.05) is 97.1 Å². The number of fused-ring (bicyclic) bond motifs is 9. The highest BCUT2D eigenvalue weighted by molar-refractivity contribution is 6.43. The second kappa shape index (κ2) is 10.0. The van der Waals surface area contributed by atoms with Gasteiger partial charge in [0.2, 0.25) is 0 Å². The van der Waals surface area contributed by atoms with Gasteiger partial charge in [-0.3, -0.25) is 0 Å². The van der Waals surface area contributed by atoms with Crippen molar-refractivity contribution in [1.82, 2.24) is 0 Å². The average molecular weight is 643 g/mol. The van der Waals surface area contributed by atoms with Crippen molar-refractivity contribution < 1.29 is 0 Å². The van der Waals surface area contributed by atoms with Crippen LogP contribution in [0.15, 0.2) is 140 Å². The largest absolute Gasteiger partial charge is 0.192 e. The van der Waals surface area contributed by atoms with Crippen molar-refractivity contribution in [3.63, 3.8) is 0 Å². The zero-order valence-electron chi connectivity index (χ0n) is 27.7. The summed E-state index contributed by atoms with van der Waals surface area (Å²) >= 11 is 0. The normalized spacial score (nSPS) is 12.0. The molecular weight excluding hydrogens is 617 g/mol. The third kappa shape index (κ3) is 3.64. The maximum atomic E-state index is 9.75. The molecule has 0 amide bonds. The summed E-state index contributed by atoms with van der Waals surface area (Å²) in [5.74, 6) is 0. The molecule has 0 atom stereocenters. The van der Waals surface area contributed by atoms with E-state index in [4.69, 9.17) is 0 Å². The summed E-state index contributed by atoms with van der Waals surface area (Å²) in [4.78, 5) is 0. The summed E-state index contributed by atoms with van der Waals surface area (Å²) in [6.07, 6.45) is 0. The van der Waals surface area contributed by atoms with E-state index < -0.39 is 0 Å². The quantitative estimate of drug-likeness (QED) is 0.176. The molecule has 0 fully saturated rings. The van der Waals surface area contributed by atoms with Gasteiger partial charge in [0.15, 0.2) is 0 Å². The Morgan fingerprint density at radius 1 is 0.353 bits per heavy atom. The third-order valence-corrected chi connectivity index (χ3v) is 11.3. The summed E-state index contributed by atoms with van der Waals surface area (Å²) < 4.78 is 0. The van der Waals surface area contributed by atoms with Crippen LogP contribution in [0.4, 0.5) is 0 Å². The van der Waals surface area contributed by atoms with Crippen molar-refractivity contribution >= 4 is 86.2 Å². The lowest BCUT2D eigenvalue weighted by molar-refractivity contribution is 1.48. The molecule has 2 nitrogen and oxygen atoms in total. The maximum absolute atomic E-state index is 9.75. The topological polar surface area (TPSA) is 47.6 Å². The van der Waals surface area contributed by atoms with Gasteiger partial charge in [-0.25, -0.2) is 0 Å². The van der Waals surface area contributed by atoms with Gasteiger partial charge in [-0.15, -0.1) is 0 Å². The summed E-state index contributed by atoms with van der Waals surface area (Å²) in [6, 6.07) is 54.6. The van der Waals surface area contributed by atoms with Crippen LogP contribution in [0.25, 0.3) is 108 Å². The number of hydrogen-bond donors (Lipinski definition) is 0. The van der Waals surface area contributed by atoms with E-state index in [9.17, 15) is 10.5 Å². The number of hydrogen-bond acceptors (Lipinski definition) is 2. The van der Waals surface area contributed by atoms with Crippen molar-refractivity contribution in [3.8, 4) is 34.4 Å². The number of benzene rings is 9. The third-order valence-electron chi connectivity index (χ3n) is 11.3. The molecule has 0 heterocycles. The van der Waals surface area contributed by atoms with Gasteiger partial charge in [0, 0.05) is 0 Å². The van der Waals surface area contributed by atoms with E-state index in [1.54, 1.807) is 0 Å². The highest BCUT2D eigenvalue weighted by Crippen LogP contribution is 2.54. The molecular formula is C49H26N2. The molecule has 0 saturated carbocycles. The van der Waals surface area contributed by atoms with E-state index in [1.807, 2.05) is 24.3 Å². The minimum Gasteiger partial charge on any atom is -0.192 e. The Morgan fingerprint density at radius 2 is 0.902 bits per heavy atom. The standard InChI is InChI=1S/C49H26N2/c1-27-12-17-30-7-4-11-37-44(30)43(27)49-46(32-20-15-29(26-51)16-21-32)42-23-38-36-10-5-9-35-34-8-3-2-6-33(34)22-40(47(35)36)39(38)24-41(42)45(48(37)49)31-18-13-28(25-50)14-19-31/h2-24H,1H3. The molecule has 0 aliphatic rings. The zero-order valence-corrected chi connectivity index (χ0v) is 27.7. The summed E-state index contributed by atoms with van der Waals surface area (Å²) in [6.45, 7) is 2.22. The van der Waals surface area contributed by atoms with Crippen LogP contribution in [0, 0.1) is 29.6 Å². The van der Waals surface area contributed by atoms with E-state index in [2.05, 4.69) is 134 Å². The molecule has 0 unspecified atom stereocenters. The van der Waals surface area contributed by atoms with Crippen LogP contribution < -0.4 is 0 Å². The highest BCUT2D eigenvalue weighted by Gasteiger charge is 2.26. The van der Waals surface area contributed by atoms with Gasteiger partial charge >= 0.3 is 0 Å². The fourth-order valence-electron chi connectivity index (χ4n) is 9.13. The van der Waals surface area contributed by atoms with Gasteiger partial charge in [0.25, 0.3) is 0 Å². The van der Waals surface area contributed by atoms with Gasteiger partial charge in [0.1, 0.15) is 0 Å². The van der Waals surface area contributed by atoms with Crippen LogP contribution in [-0.2, 0) is 0 Å². The zero-order chi connectivity index (χ0) is 34.0. The first-order chi connectivity index (χ1) is 25.1. The molecule has 0 bridgehead atoms. The van der Waals surface area contributed by atoms with E-state index >= 15 is 0 Å². The highest BCUT2D eigenvalue weighted by atomic mass is 14.3. The summed E-state index contributed by atoms with van der Waals surface area (Å²) in [5, 5.41) is 39.4. The number of aryl methyl sites for hydroxylation is 1. The molecule has 0 radical (unpaired) electrons. The molecule has 232 valence electrons. The Morgan fingerprint density at radius 3 is 1.59 bits per heavy atom. The molecule has 0 aliphatic heterocycles. The molecule has 0 aliphatic carbocycles. The fraction of sp³-hybridized carbons (Fsp3) is 0.0204. The molecule has 0 saturated heterocycles. The van der Waals surface area contributed by atoms with Crippen LogP contribution in [-0.4, -0.2) is 0 Å². The van der Waals surface area contributed by atoms with E-state index in [1.165, 1.54) is 103 Å². The Bertz CT molecular complexity index is 3360. The molecule has 2 heteroatoms. The lowest BCUT2D eigenvalue weighted by Crippen LogP contribution is -1.91. The first-order valence-corrected chi connectivity index (χ1v) is 17.3. The SMILES string of the molecule is Cc1ccc2cccc3c4c(-c5ccc(C#N)cc5)c5cc6c(cc5c(-c5ccc(C#N)cc5)c4c1c23)c1cccc2c3ccccc3cc6c21. The smallest absolute Gasteiger partial charge is 0.0991 e. The monoisotopic (exact) mass is 642 g/mol. The molecule has 0 aromatic heterocycles. The van der Waals surface area contributed by atoms with Crippen molar-refractivity contribution in [2.24, 2.45) is 0 Å². The summed E-state index contributed by atoms with van der Waals surface area (Å²) in [5.41, 5.74) is 7.06. The maximum Gasteiger partial charge on any atom is 0.0991 e. The van der Waals surface area contributed by atoms with Crippen molar-refractivity contribution in [2.75, 3.05) is 0 Å². The predicted molar refractivity (Wildman–Crippen MR) is 214 cm³/mol. The minimum atomic E-state index is 0.644. The number of nitriles is 2. The first kappa shape index (κ1) is 27.9. The first-order valence-electron chi connectivity index (χ1n) is 17.3. The predicted octanol–water partition coefficient (Wildman–Crippen LogP) is 13.2. The Kier molecular flexibility index (Phi) is 5.48. The van der Waals surface area contributed by atoms with Crippen molar-refractivity contribution in [2.45, 2.75) is 6.92 Å². The molecule has 11 aromatic rings. The molecule has 0 N–H and O–H groups in total. The van der Waals surface area contributed by atoms with Crippen LogP contribution >= 0.6 is 0 Å². The van der Waals surface area contributed by atoms with E-state index in [0.29, 0.717) is 11.1 Å².